The minimum absolute atomic E-state index is 0.0547. The summed E-state index contributed by atoms with van der Waals surface area (Å²) in [6.07, 6.45) is 1.30. The molecule has 0 aromatic heterocycles. The molecule has 2 aromatic rings. The predicted molar refractivity (Wildman–Crippen MR) is 122 cm³/mol. The second-order valence-corrected chi connectivity index (χ2v) is 10.3. The van der Waals surface area contributed by atoms with Crippen molar-refractivity contribution < 1.29 is 31.9 Å². The molecule has 7 nitrogen and oxygen atoms in total. The van der Waals surface area contributed by atoms with Gasteiger partial charge in [0.15, 0.2) is 11.8 Å². The fourth-order valence-corrected chi connectivity index (χ4v) is 3.96. The van der Waals surface area contributed by atoms with Crippen molar-refractivity contribution in [2.24, 2.45) is 0 Å². The summed E-state index contributed by atoms with van der Waals surface area (Å²) in [7, 11) is -4.19. The Labute approximate surface area is 194 Å². The van der Waals surface area contributed by atoms with E-state index in [9.17, 15) is 22.4 Å². The smallest absolute Gasteiger partial charge is 0.332 e. The van der Waals surface area contributed by atoms with E-state index >= 15 is 0 Å². The summed E-state index contributed by atoms with van der Waals surface area (Å²) in [6.45, 7) is 6.98. The zero-order valence-corrected chi connectivity index (χ0v) is 20.1. The van der Waals surface area contributed by atoms with Crippen molar-refractivity contribution in [2.75, 3.05) is 0 Å². The molecule has 0 aliphatic heterocycles. The number of carbonyl (C=O) groups is 2. The third-order valence-corrected chi connectivity index (χ3v) is 5.91. The summed E-state index contributed by atoms with van der Waals surface area (Å²) >= 11 is 0. The van der Waals surface area contributed by atoms with Gasteiger partial charge < -0.3 is 9.47 Å². The molecule has 0 radical (unpaired) electrons. The zero-order chi connectivity index (χ0) is 24.6. The first-order valence-electron chi connectivity index (χ1n) is 10.7. The average molecular weight is 480 g/mol. The molecule has 9 heteroatoms. The third kappa shape index (κ3) is 8.58. The van der Waals surface area contributed by atoms with Gasteiger partial charge in [0.05, 0.1) is 4.90 Å². The van der Waals surface area contributed by atoms with Gasteiger partial charge in [-0.25, -0.2) is 17.6 Å². The number of sulfonamides is 1. The zero-order valence-electron chi connectivity index (χ0n) is 19.3. The first kappa shape index (κ1) is 26.5. The van der Waals surface area contributed by atoms with Crippen LogP contribution in [-0.2, 0) is 31.0 Å². The number of unbranched alkanes of at least 4 members (excludes halogenated alkanes) is 1. The standard InChI is InChI=1S/C24H30FNO6S/c1-5-6-7-21(27)22(23(28)32-24(2,3)4)26-33(29,30)20-14-12-19(13-15-20)31-16-17-8-10-18(25)11-9-17/h8-15,22,26H,5-7,16H2,1-4H3. The van der Waals surface area contributed by atoms with Crippen LogP contribution in [0, 0.1) is 5.82 Å². The predicted octanol–water partition coefficient (Wildman–Crippen LogP) is 4.15. The summed E-state index contributed by atoms with van der Waals surface area (Å²) in [5, 5.41) is 0. The molecule has 2 rings (SSSR count). The summed E-state index contributed by atoms with van der Waals surface area (Å²) in [6, 6.07) is 9.73. The quantitative estimate of drug-likeness (QED) is 0.384. The minimum Gasteiger partial charge on any atom is -0.489 e. The molecule has 0 aliphatic rings. The van der Waals surface area contributed by atoms with E-state index in [0.717, 1.165) is 12.0 Å². The van der Waals surface area contributed by atoms with Crippen molar-refractivity contribution >= 4 is 21.8 Å². The van der Waals surface area contributed by atoms with Crippen LogP contribution >= 0.6 is 0 Å². The Bertz CT molecular complexity index is 1040. The number of benzene rings is 2. The molecule has 0 fully saturated rings. The van der Waals surface area contributed by atoms with Gasteiger partial charge >= 0.3 is 5.97 Å². The van der Waals surface area contributed by atoms with Crippen LogP contribution in [0.5, 0.6) is 5.75 Å². The molecule has 0 saturated carbocycles. The SMILES string of the molecule is CCCCC(=O)C(NS(=O)(=O)c1ccc(OCc2ccc(F)cc2)cc1)C(=O)OC(C)(C)C. The van der Waals surface area contributed by atoms with E-state index in [1.54, 1.807) is 32.9 Å². The van der Waals surface area contributed by atoms with Crippen LogP contribution in [0.3, 0.4) is 0 Å². The summed E-state index contributed by atoms with van der Waals surface area (Å²) in [4.78, 5) is 25.0. The van der Waals surface area contributed by atoms with Gasteiger partial charge in [0.1, 0.15) is 23.8 Å². The van der Waals surface area contributed by atoms with Crippen LogP contribution in [-0.4, -0.2) is 31.8 Å². The second-order valence-electron chi connectivity index (χ2n) is 8.54. The highest BCUT2D eigenvalue weighted by Crippen LogP contribution is 2.19. The van der Waals surface area contributed by atoms with E-state index in [2.05, 4.69) is 4.72 Å². The van der Waals surface area contributed by atoms with Crippen molar-refractivity contribution in [3.05, 3.63) is 59.9 Å². The molecular formula is C24H30FNO6S. The Hall–Kier alpha value is -2.78. The first-order chi connectivity index (χ1) is 15.4. The lowest BCUT2D eigenvalue weighted by Gasteiger charge is -2.24. The lowest BCUT2D eigenvalue weighted by Crippen LogP contribution is -2.49. The van der Waals surface area contributed by atoms with Crippen LogP contribution in [0.25, 0.3) is 0 Å². The molecule has 0 bridgehead atoms. The van der Waals surface area contributed by atoms with Crippen LogP contribution in [0.15, 0.2) is 53.4 Å². The largest absolute Gasteiger partial charge is 0.489 e. The number of ketones is 1. The van der Waals surface area contributed by atoms with Crippen molar-refractivity contribution in [3.8, 4) is 5.75 Å². The number of halogens is 1. The van der Waals surface area contributed by atoms with Gasteiger partial charge in [-0.2, -0.15) is 4.72 Å². The van der Waals surface area contributed by atoms with Crippen LogP contribution in [0.2, 0.25) is 0 Å². The van der Waals surface area contributed by atoms with Gasteiger partial charge in [0, 0.05) is 6.42 Å². The molecule has 1 N–H and O–H groups in total. The van der Waals surface area contributed by atoms with Crippen LogP contribution in [0.1, 0.15) is 52.5 Å². The number of carbonyl (C=O) groups excluding carboxylic acids is 2. The van der Waals surface area contributed by atoms with Crippen molar-refractivity contribution in [1.82, 2.24) is 4.72 Å². The van der Waals surface area contributed by atoms with Gasteiger partial charge in [-0.1, -0.05) is 25.5 Å². The molecule has 0 heterocycles. The number of hydrogen-bond donors (Lipinski definition) is 1. The Morgan fingerprint density at radius 1 is 1.03 bits per heavy atom. The van der Waals surface area contributed by atoms with E-state index in [1.807, 2.05) is 6.92 Å². The van der Waals surface area contributed by atoms with E-state index in [1.165, 1.54) is 36.4 Å². The molecule has 1 atom stereocenters. The third-order valence-electron chi connectivity index (χ3n) is 4.47. The number of Topliss-reactive ketones (excluding diaryl/α,β-unsaturated/α-hetero) is 1. The normalized spacial score (nSPS) is 12.8. The van der Waals surface area contributed by atoms with Crippen molar-refractivity contribution in [2.45, 2.75) is 70.1 Å². The maximum absolute atomic E-state index is 13.0. The van der Waals surface area contributed by atoms with Gasteiger partial charge in [0.2, 0.25) is 10.0 Å². The first-order valence-corrected chi connectivity index (χ1v) is 12.1. The van der Waals surface area contributed by atoms with Crippen molar-refractivity contribution in [1.29, 1.82) is 0 Å². The number of esters is 1. The minimum atomic E-state index is -4.19. The highest BCUT2D eigenvalue weighted by atomic mass is 32.2. The van der Waals surface area contributed by atoms with Gasteiger partial charge in [-0.05, 0) is 69.2 Å². The lowest BCUT2D eigenvalue weighted by atomic mass is 10.1. The molecule has 180 valence electrons. The van der Waals surface area contributed by atoms with Gasteiger partial charge in [-0.3, -0.25) is 4.79 Å². The lowest BCUT2D eigenvalue weighted by molar-refractivity contribution is -0.158. The fourth-order valence-electron chi connectivity index (χ4n) is 2.79. The molecular weight excluding hydrogens is 449 g/mol. The molecule has 0 saturated heterocycles. The highest BCUT2D eigenvalue weighted by molar-refractivity contribution is 7.89. The van der Waals surface area contributed by atoms with Crippen LogP contribution in [0.4, 0.5) is 4.39 Å². The number of hydrogen-bond acceptors (Lipinski definition) is 6. The number of ether oxygens (including phenoxy) is 2. The van der Waals surface area contributed by atoms with Crippen LogP contribution < -0.4 is 9.46 Å². The molecule has 0 aliphatic carbocycles. The van der Waals surface area contributed by atoms with E-state index < -0.39 is 33.4 Å². The van der Waals surface area contributed by atoms with E-state index in [-0.39, 0.29) is 23.7 Å². The maximum atomic E-state index is 13.0. The summed E-state index contributed by atoms with van der Waals surface area (Å²) in [5.41, 5.74) is -0.129. The Morgan fingerprint density at radius 2 is 1.64 bits per heavy atom. The molecule has 33 heavy (non-hydrogen) atoms. The number of nitrogens with one attached hydrogen (secondary N) is 1. The molecule has 1 unspecified atom stereocenters. The van der Waals surface area contributed by atoms with Gasteiger partial charge in [-0.15, -0.1) is 0 Å². The summed E-state index contributed by atoms with van der Waals surface area (Å²) in [5.74, 6) is -1.43. The Kier molecular flexibility index (Phi) is 9.13. The second kappa shape index (κ2) is 11.4. The summed E-state index contributed by atoms with van der Waals surface area (Å²) < 4.78 is 51.8. The monoisotopic (exact) mass is 479 g/mol. The van der Waals surface area contributed by atoms with Crippen molar-refractivity contribution in [3.63, 3.8) is 0 Å². The molecule has 0 amide bonds. The van der Waals surface area contributed by atoms with E-state index in [0.29, 0.717) is 12.2 Å². The fraction of sp³-hybridized carbons (Fsp3) is 0.417. The topological polar surface area (TPSA) is 98.8 Å². The molecule has 2 aromatic carbocycles. The van der Waals surface area contributed by atoms with E-state index in [4.69, 9.17) is 9.47 Å². The molecule has 0 spiro atoms. The average Bonchev–Trinajstić information content (AvgIpc) is 2.74. The Balaban J connectivity index is 2.13. The van der Waals surface area contributed by atoms with Gasteiger partial charge in [0.25, 0.3) is 0 Å². The Morgan fingerprint density at radius 3 is 2.18 bits per heavy atom. The maximum Gasteiger partial charge on any atom is 0.332 e. The number of rotatable bonds is 11. The highest BCUT2D eigenvalue weighted by Gasteiger charge is 2.34.